The summed E-state index contributed by atoms with van der Waals surface area (Å²) in [5.41, 5.74) is 2.68. The molecule has 0 atom stereocenters. The zero-order valence-corrected chi connectivity index (χ0v) is 11.9. The third-order valence-electron chi connectivity index (χ3n) is 3.05. The number of rotatable bonds is 3. The zero-order chi connectivity index (χ0) is 14.1. The number of morpholine rings is 1. The standard InChI is InChI=1S/C12H19N3O3S/c1-12(2)9-15(7-8-18-12)19(16,17)11-5-3-10(14-13)4-6-11/h3-6,14H,7-9,13H2,1-2H3. The molecule has 1 heterocycles. The average Bonchev–Trinajstić information content (AvgIpc) is 2.37. The van der Waals surface area contributed by atoms with E-state index in [9.17, 15) is 8.42 Å². The van der Waals surface area contributed by atoms with Crippen LogP contribution in [0.25, 0.3) is 0 Å². The molecule has 0 aliphatic carbocycles. The number of nitrogen functional groups attached to an aromatic ring is 1. The Morgan fingerprint density at radius 2 is 1.95 bits per heavy atom. The second-order valence-electron chi connectivity index (χ2n) is 5.12. The number of nitrogens with zero attached hydrogens (tertiary/aromatic N) is 1. The van der Waals surface area contributed by atoms with Gasteiger partial charge < -0.3 is 10.2 Å². The van der Waals surface area contributed by atoms with Gasteiger partial charge in [0, 0.05) is 18.8 Å². The van der Waals surface area contributed by atoms with E-state index < -0.39 is 15.6 Å². The number of ether oxygens (including phenoxy) is 1. The first kappa shape index (κ1) is 14.3. The minimum Gasteiger partial charge on any atom is -0.373 e. The number of hydrazine groups is 1. The van der Waals surface area contributed by atoms with Crippen LogP contribution in [0.5, 0.6) is 0 Å². The van der Waals surface area contributed by atoms with E-state index in [0.717, 1.165) is 0 Å². The van der Waals surface area contributed by atoms with Crippen molar-refractivity contribution in [2.45, 2.75) is 24.3 Å². The molecule has 1 fully saturated rings. The van der Waals surface area contributed by atoms with Crippen LogP contribution in [0.3, 0.4) is 0 Å². The third-order valence-corrected chi connectivity index (χ3v) is 4.91. The Morgan fingerprint density at radius 1 is 1.32 bits per heavy atom. The van der Waals surface area contributed by atoms with Gasteiger partial charge in [-0.05, 0) is 38.1 Å². The molecule has 0 bridgehead atoms. The smallest absolute Gasteiger partial charge is 0.243 e. The minimum absolute atomic E-state index is 0.268. The molecule has 0 aromatic heterocycles. The van der Waals surface area contributed by atoms with E-state index in [1.165, 1.54) is 4.31 Å². The van der Waals surface area contributed by atoms with Gasteiger partial charge in [-0.1, -0.05) is 0 Å². The highest BCUT2D eigenvalue weighted by molar-refractivity contribution is 7.89. The van der Waals surface area contributed by atoms with Gasteiger partial charge in [0.1, 0.15) is 0 Å². The number of anilines is 1. The van der Waals surface area contributed by atoms with E-state index in [-0.39, 0.29) is 4.90 Å². The molecule has 1 aromatic carbocycles. The molecular formula is C12H19N3O3S. The van der Waals surface area contributed by atoms with Crippen LogP contribution in [0, 0.1) is 0 Å². The SMILES string of the molecule is CC1(C)CN(S(=O)(=O)c2ccc(NN)cc2)CCO1. The van der Waals surface area contributed by atoms with E-state index in [1.54, 1.807) is 24.3 Å². The number of sulfonamides is 1. The van der Waals surface area contributed by atoms with Crippen molar-refractivity contribution in [3.8, 4) is 0 Å². The quantitative estimate of drug-likeness (QED) is 0.633. The molecule has 0 amide bonds. The first-order chi connectivity index (χ1) is 8.85. The molecule has 7 heteroatoms. The number of hydrogen-bond acceptors (Lipinski definition) is 5. The fourth-order valence-corrected chi connectivity index (χ4v) is 3.62. The van der Waals surface area contributed by atoms with Crippen LogP contribution >= 0.6 is 0 Å². The Kier molecular flexibility index (Phi) is 3.82. The molecule has 0 radical (unpaired) electrons. The molecule has 0 unspecified atom stereocenters. The summed E-state index contributed by atoms with van der Waals surface area (Å²) in [6, 6.07) is 6.37. The summed E-state index contributed by atoms with van der Waals surface area (Å²) in [5, 5.41) is 0. The average molecular weight is 285 g/mol. The van der Waals surface area contributed by atoms with Gasteiger partial charge in [0.25, 0.3) is 0 Å². The highest BCUT2D eigenvalue weighted by Crippen LogP contribution is 2.24. The Balaban J connectivity index is 2.26. The molecular weight excluding hydrogens is 266 g/mol. The van der Waals surface area contributed by atoms with Gasteiger partial charge in [0.2, 0.25) is 10.0 Å². The van der Waals surface area contributed by atoms with Crippen molar-refractivity contribution in [3.05, 3.63) is 24.3 Å². The van der Waals surface area contributed by atoms with E-state index in [4.69, 9.17) is 10.6 Å². The van der Waals surface area contributed by atoms with Crippen molar-refractivity contribution in [2.24, 2.45) is 5.84 Å². The molecule has 0 saturated carbocycles. The normalized spacial score (nSPS) is 20.2. The predicted octanol–water partition coefficient (Wildman–Crippen LogP) is 0.772. The van der Waals surface area contributed by atoms with Crippen LogP contribution in [-0.4, -0.2) is 38.0 Å². The molecule has 106 valence electrons. The number of benzene rings is 1. The summed E-state index contributed by atoms with van der Waals surface area (Å²) < 4.78 is 32.0. The molecule has 2 rings (SSSR count). The maximum Gasteiger partial charge on any atom is 0.243 e. The predicted molar refractivity (Wildman–Crippen MR) is 73.0 cm³/mol. The highest BCUT2D eigenvalue weighted by Gasteiger charge is 2.34. The van der Waals surface area contributed by atoms with Crippen LogP contribution in [-0.2, 0) is 14.8 Å². The van der Waals surface area contributed by atoms with Gasteiger partial charge in [0.15, 0.2) is 0 Å². The van der Waals surface area contributed by atoms with Gasteiger partial charge in [-0.3, -0.25) is 5.84 Å². The van der Waals surface area contributed by atoms with Crippen molar-refractivity contribution in [1.29, 1.82) is 0 Å². The van der Waals surface area contributed by atoms with Crippen LogP contribution in [0.2, 0.25) is 0 Å². The maximum atomic E-state index is 12.5. The lowest BCUT2D eigenvalue weighted by atomic mass is 10.1. The monoisotopic (exact) mass is 285 g/mol. The minimum atomic E-state index is -3.47. The molecule has 6 nitrogen and oxygen atoms in total. The van der Waals surface area contributed by atoms with Gasteiger partial charge in [-0.15, -0.1) is 0 Å². The fraction of sp³-hybridized carbons (Fsp3) is 0.500. The topological polar surface area (TPSA) is 84.7 Å². The van der Waals surface area contributed by atoms with E-state index >= 15 is 0 Å². The van der Waals surface area contributed by atoms with E-state index in [1.807, 2.05) is 13.8 Å². The zero-order valence-electron chi connectivity index (χ0n) is 11.1. The van der Waals surface area contributed by atoms with Gasteiger partial charge >= 0.3 is 0 Å². The Labute approximate surface area is 113 Å². The van der Waals surface area contributed by atoms with Crippen LogP contribution in [0.15, 0.2) is 29.2 Å². The third kappa shape index (κ3) is 3.06. The molecule has 1 aliphatic rings. The summed E-state index contributed by atoms with van der Waals surface area (Å²) >= 11 is 0. The number of nitrogens with one attached hydrogen (secondary N) is 1. The molecule has 0 spiro atoms. The second kappa shape index (κ2) is 5.09. The van der Waals surface area contributed by atoms with Crippen molar-refractivity contribution in [3.63, 3.8) is 0 Å². The summed E-state index contributed by atoms with van der Waals surface area (Å²) in [6.07, 6.45) is 0. The van der Waals surface area contributed by atoms with Crippen LogP contribution in [0.4, 0.5) is 5.69 Å². The lowest BCUT2D eigenvalue weighted by Gasteiger charge is -2.37. The molecule has 3 N–H and O–H groups in total. The van der Waals surface area contributed by atoms with Crippen molar-refractivity contribution in [1.82, 2.24) is 4.31 Å². The highest BCUT2D eigenvalue weighted by atomic mass is 32.2. The van der Waals surface area contributed by atoms with E-state index in [2.05, 4.69) is 5.43 Å². The lowest BCUT2D eigenvalue weighted by Crippen LogP contribution is -2.50. The fourth-order valence-electron chi connectivity index (χ4n) is 2.05. The number of hydrogen-bond donors (Lipinski definition) is 2. The Morgan fingerprint density at radius 3 is 2.47 bits per heavy atom. The van der Waals surface area contributed by atoms with Gasteiger partial charge in [0.05, 0.1) is 17.1 Å². The summed E-state index contributed by atoms with van der Waals surface area (Å²) in [6.45, 7) is 4.91. The first-order valence-electron chi connectivity index (χ1n) is 6.06. The molecule has 1 aliphatic heterocycles. The summed E-state index contributed by atoms with van der Waals surface area (Å²) in [4.78, 5) is 0.268. The van der Waals surface area contributed by atoms with Gasteiger partial charge in [-0.2, -0.15) is 4.31 Å². The molecule has 19 heavy (non-hydrogen) atoms. The van der Waals surface area contributed by atoms with Crippen molar-refractivity contribution in [2.75, 3.05) is 25.1 Å². The molecule has 1 saturated heterocycles. The van der Waals surface area contributed by atoms with Gasteiger partial charge in [-0.25, -0.2) is 8.42 Å². The first-order valence-corrected chi connectivity index (χ1v) is 7.50. The maximum absolute atomic E-state index is 12.5. The van der Waals surface area contributed by atoms with Crippen molar-refractivity contribution >= 4 is 15.7 Å². The van der Waals surface area contributed by atoms with Crippen LogP contribution in [0.1, 0.15) is 13.8 Å². The largest absolute Gasteiger partial charge is 0.373 e. The second-order valence-corrected chi connectivity index (χ2v) is 7.05. The summed E-state index contributed by atoms with van der Waals surface area (Å²) in [7, 11) is -3.47. The van der Waals surface area contributed by atoms with Crippen LogP contribution < -0.4 is 11.3 Å². The number of nitrogens with two attached hydrogens (primary N) is 1. The molecule has 1 aromatic rings. The Hall–Kier alpha value is -1.15. The van der Waals surface area contributed by atoms with E-state index in [0.29, 0.717) is 25.4 Å². The van der Waals surface area contributed by atoms with Crippen molar-refractivity contribution < 1.29 is 13.2 Å². The summed E-state index contributed by atoms with van der Waals surface area (Å²) in [5.74, 6) is 5.26. The Bertz CT molecular complexity index is 540. The lowest BCUT2D eigenvalue weighted by molar-refractivity contribution is -0.0640.